The zero-order valence-electron chi connectivity index (χ0n) is 11.8. The number of nitrogens with zero attached hydrogens (tertiary/aromatic N) is 1. The lowest BCUT2D eigenvalue weighted by molar-refractivity contribution is -0.145. The Morgan fingerprint density at radius 2 is 1.83 bits per heavy atom. The number of hydrogen-bond donors (Lipinski definition) is 1. The Morgan fingerprint density at radius 3 is 2.28 bits per heavy atom. The Bertz CT molecular complexity index is 421. The van der Waals surface area contributed by atoms with E-state index in [2.05, 4.69) is 18.2 Å². The van der Waals surface area contributed by atoms with E-state index in [-0.39, 0.29) is 0 Å². The molecule has 0 aromatic heterocycles. The maximum atomic E-state index is 11.6. The summed E-state index contributed by atoms with van der Waals surface area (Å²) < 4.78 is 4.71. The number of carbonyl (C=O) groups excluding carboxylic acids is 1. The van der Waals surface area contributed by atoms with Crippen molar-refractivity contribution in [1.82, 2.24) is 0 Å². The van der Waals surface area contributed by atoms with Crippen molar-refractivity contribution < 1.29 is 9.53 Å². The van der Waals surface area contributed by atoms with E-state index < -0.39 is 11.5 Å². The van der Waals surface area contributed by atoms with Gasteiger partial charge in [0.05, 0.1) is 7.11 Å². The highest BCUT2D eigenvalue weighted by Gasteiger charge is 2.31. The van der Waals surface area contributed by atoms with Crippen molar-refractivity contribution in [2.45, 2.75) is 26.3 Å². The van der Waals surface area contributed by atoms with Gasteiger partial charge in [0.15, 0.2) is 0 Å². The van der Waals surface area contributed by atoms with Gasteiger partial charge in [0.25, 0.3) is 0 Å². The maximum Gasteiger partial charge on any atom is 0.327 e. The average molecular weight is 250 g/mol. The van der Waals surface area contributed by atoms with Crippen LogP contribution in [0.5, 0.6) is 0 Å². The molecular formula is C14H22N2O2. The van der Waals surface area contributed by atoms with E-state index in [4.69, 9.17) is 10.5 Å². The van der Waals surface area contributed by atoms with Crippen LogP contribution in [-0.2, 0) is 9.53 Å². The number of rotatable bonds is 4. The highest BCUT2D eigenvalue weighted by atomic mass is 16.5. The standard InChI is InChI=1S/C14H22N2O2/c1-10-6-11(2)8-12(7-10)16(4)9-14(3,15)13(17)18-5/h6-8H,9,15H2,1-5H3. The van der Waals surface area contributed by atoms with Crippen LogP contribution in [0.1, 0.15) is 18.1 Å². The summed E-state index contributed by atoms with van der Waals surface area (Å²) in [7, 11) is 3.27. The van der Waals surface area contributed by atoms with Crippen molar-refractivity contribution in [2.75, 3.05) is 25.6 Å². The van der Waals surface area contributed by atoms with Crippen LogP contribution in [0.15, 0.2) is 18.2 Å². The van der Waals surface area contributed by atoms with Crippen molar-refractivity contribution >= 4 is 11.7 Å². The Morgan fingerprint density at radius 1 is 1.33 bits per heavy atom. The number of likely N-dealkylation sites (N-methyl/N-ethyl adjacent to an activating group) is 1. The first-order valence-corrected chi connectivity index (χ1v) is 5.93. The van der Waals surface area contributed by atoms with Gasteiger partial charge in [0, 0.05) is 19.3 Å². The number of anilines is 1. The van der Waals surface area contributed by atoms with Crippen LogP contribution >= 0.6 is 0 Å². The molecule has 1 aromatic rings. The van der Waals surface area contributed by atoms with E-state index in [1.54, 1.807) is 6.92 Å². The zero-order valence-corrected chi connectivity index (χ0v) is 11.8. The topological polar surface area (TPSA) is 55.6 Å². The first kappa shape index (κ1) is 14.5. The van der Waals surface area contributed by atoms with Gasteiger partial charge in [-0.25, -0.2) is 0 Å². The van der Waals surface area contributed by atoms with E-state index in [9.17, 15) is 4.79 Å². The van der Waals surface area contributed by atoms with E-state index >= 15 is 0 Å². The summed E-state index contributed by atoms with van der Waals surface area (Å²) in [6, 6.07) is 6.25. The lowest BCUT2D eigenvalue weighted by Gasteiger charge is -2.29. The summed E-state index contributed by atoms with van der Waals surface area (Å²) in [5, 5.41) is 0. The lowest BCUT2D eigenvalue weighted by Crippen LogP contribution is -2.53. The highest BCUT2D eigenvalue weighted by Crippen LogP contribution is 2.19. The van der Waals surface area contributed by atoms with Crippen LogP contribution in [-0.4, -0.2) is 32.2 Å². The third kappa shape index (κ3) is 3.47. The first-order valence-electron chi connectivity index (χ1n) is 5.93. The molecule has 0 fully saturated rings. The molecule has 0 spiro atoms. The lowest BCUT2D eigenvalue weighted by atomic mass is 10.0. The first-order chi connectivity index (χ1) is 8.26. The van der Waals surface area contributed by atoms with Crippen molar-refractivity contribution in [3.63, 3.8) is 0 Å². The quantitative estimate of drug-likeness (QED) is 0.825. The van der Waals surface area contributed by atoms with Crippen molar-refractivity contribution in [3.05, 3.63) is 29.3 Å². The monoisotopic (exact) mass is 250 g/mol. The molecule has 0 bridgehead atoms. The largest absolute Gasteiger partial charge is 0.468 e. The van der Waals surface area contributed by atoms with Crippen LogP contribution in [0.4, 0.5) is 5.69 Å². The zero-order chi connectivity index (χ0) is 13.9. The summed E-state index contributed by atoms with van der Waals surface area (Å²) >= 11 is 0. The second-order valence-electron chi connectivity index (χ2n) is 5.11. The number of nitrogens with two attached hydrogens (primary N) is 1. The third-order valence-electron chi connectivity index (χ3n) is 2.86. The van der Waals surface area contributed by atoms with Gasteiger partial charge in [-0.1, -0.05) is 6.07 Å². The molecule has 0 saturated heterocycles. The molecule has 100 valence electrons. The number of ether oxygens (including phenoxy) is 1. The summed E-state index contributed by atoms with van der Waals surface area (Å²) in [5.41, 5.74) is 8.38. The number of hydrogen-bond acceptors (Lipinski definition) is 4. The average Bonchev–Trinajstić information content (AvgIpc) is 2.25. The van der Waals surface area contributed by atoms with Gasteiger partial charge >= 0.3 is 5.97 Å². The predicted octanol–water partition coefficient (Wildman–Crippen LogP) is 1.63. The number of benzene rings is 1. The fraction of sp³-hybridized carbons (Fsp3) is 0.500. The van der Waals surface area contributed by atoms with Gasteiger partial charge in [-0.3, -0.25) is 4.79 Å². The molecule has 0 saturated carbocycles. The SMILES string of the molecule is COC(=O)C(C)(N)CN(C)c1cc(C)cc(C)c1. The van der Waals surface area contributed by atoms with Crippen LogP contribution in [0.25, 0.3) is 0 Å². The van der Waals surface area contributed by atoms with Crippen LogP contribution in [0.2, 0.25) is 0 Å². The smallest absolute Gasteiger partial charge is 0.327 e. The van der Waals surface area contributed by atoms with E-state index in [0.717, 1.165) is 5.69 Å². The summed E-state index contributed by atoms with van der Waals surface area (Å²) in [6.07, 6.45) is 0. The normalized spacial score (nSPS) is 13.9. The second kappa shape index (κ2) is 5.40. The Kier molecular flexibility index (Phi) is 4.35. The fourth-order valence-electron chi connectivity index (χ4n) is 2.05. The number of carbonyl (C=O) groups is 1. The van der Waals surface area contributed by atoms with Gasteiger partial charge < -0.3 is 15.4 Å². The molecular weight excluding hydrogens is 228 g/mol. The molecule has 0 aliphatic rings. The molecule has 4 nitrogen and oxygen atoms in total. The molecule has 18 heavy (non-hydrogen) atoms. The second-order valence-corrected chi connectivity index (χ2v) is 5.11. The van der Waals surface area contributed by atoms with Gasteiger partial charge in [0.2, 0.25) is 0 Å². The fourth-order valence-corrected chi connectivity index (χ4v) is 2.05. The minimum Gasteiger partial charge on any atom is -0.468 e. The summed E-state index contributed by atoms with van der Waals surface area (Å²) in [5.74, 6) is -0.404. The molecule has 1 rings (SSSR count). The number of esters is 1. The molecule has 1 aromatic carbocycles. The predicted molar refractivity (Wildman–Crippen MR) is 73.8 cm³/mol. The maximum absolute atomic E-state index is 11.6. The number of methoxy groups -OCH3 is 1. The van der Waals surface area contributed by atoms with Crippen molar-refractivity contribution in [3.8, 4) is 0 Å². The Hall–Kier alpha value is -1.55. The third-order valence-corrected chi connectivity index (χ3v) is 2.86. The van der Waals surface area contributed by atoms with Gasteiger partial charge in [-0.05, 0) is 44.0 Å². The molecule has 0 aliphatic carbocycles. The number of aryl methyl sites for hydroxylation is 2. The van der Waals surface area contributed by atoms with Crippen LogP contribution < -0.4 is 10.6 Å². The van der Waals surface area contributed by atoms with E-state index in [1.807, 2.05) is 25.8 Å². The van der Waals surface area contributed by atoms with Crippen LogP contribution in [0, 0.1) is 13.8 Å². The highest BCUT2D eigenvalue weighted by molar-refractivity contribution is 5.80. The molecule has 4 heteroatoms. The molecule has 1 atom stereocenters. The minimum atomic E-state index is -1.01. The molecule has 0 heterocycles. The molecule has 0 aliphatic heterocycles. The van der Waals surface area contributed by atoms with Crippen molar-refractivity contribution in [1.29, 1.82) is 0 Å². The van der Waals surface area contributed by atoms with Gasteiger partial charge in [0.1, 0.15) is 5.54 Å². The molecule has 0 amide bonds. The van der Waals surface area contributed by atoms with Crippen LogP contribution in [0.3, 0.4) is 0 Å². The molecule has 0 radical (unpaired) electrons. The molecule has 1 unspecified atom stereocenters. The van der Waals surface area contributed by atoms with E-state index in [0.29, 0.717) is 6.54 Å². The van der Waals surface area contributed by atoms with Gasteiger partial charge in [-0.2, -0.15) is 0 Å². The molecule has 2 N–H and O–H groups in total. The van der Waals surface area contributed by atoms with Crippen molar-refractivity contribution in [2.24, 2.45) is 5.73 Å². The summed E-state index contributed by atoms with van der Waals surface area (Å²) in [6.45, 7) is 6.18. The Labute approximate surface area is 109 Å². The van der Waals surface area contributed by atoms with Gasteiger partial charge in [-0.15, -0.1) is 0 Å². The van der Waals surface area contributed by atoms with E-state index in [1.165, 1.54) is 18.2 Å². The summed E-state index contributed by atoms with van der Waals surface area (Å²) in [4.78, 5) is 13.5. The minimum absolute atomic E-state index is 0.404. The Balaban J connectivity index is 2.88.